The van der Waals surface area contributed by atoms with Crippen molar-refractivity contribution in [3.05, 3.63) is 130 Å². The summed E-state index contributed by atoms with van der Waals surface area (Å²) in [5.41, 5.74) is -0.522. The molecule has 0 saturated carbocycles. The van der Waals surface area contributed by atoms with Gasteiger partial charge in [0.1, 0.15) is 12.7 Å². The van der Waals surface area contributed by atoms with Crippen molar-refractivity contribution < 1.29 is 38.1 Å². The van der Waals surface area contributed by atoms with E-state index in [0.29, 0.717) is 0 Å². The van der Waals surface area contributed by atoms with E-state index in [9.17, 15) is 24.0 Å². The molecule has 50 heavy (non-hydrogen) atoms. The predicted octanol–water partition coefficient (Wildman–Crippen LogP) is 4.91. The van der Waals surface area contributed by atoms with Crippen molar-refractivity contribution in [1.29, 1.82) is 0 Å². The highest BCUT2D eigenvalue weighted by molar-refractivity contribution is 5.94. The van der Waals surface area contributed by atoms with Gasteiger partial charge in [-0.1, -0.05) is 75.4 Å². The molecule has 4 atom stereocenters. The quantitative estimate of drug-likeness (QED) is 0.161. The first-order chi connectivity index (χ1) is 24.0. The predicted molar refractivity (Wildman–Crippen MR) is 180 cm³/mol. The van der Waals surface area contributed by atoms with Gasteiger partial charge in [-0.05, 0) is 42.5 Å². The van der Waals surface area contributed by atoms with E-state index in [1.807, 2.05) is 0 Å². The summed E-state index contributed by atoms with van der Waals surface area (Å²) in [4.78, 5) is 72.9. The van der Waals surface area contributed by atoms with E-state index in [2.05, 4.69) is 15.3 Å². The molecule has 0 aliphatic carbocycles. The fraction of sp³-hybridized carbons (Fsp3) is 0.243. The Balaban J connectivity index is 1.41. The molecule has 0 spiro atoms. The number of aromatic amines is 1. The highest BCUT2D eigenvalue weighted by Crippen LogP contribution is 2.37. The Kier molecular flexibility index (Phi) is 9.59. The largest absolute Gasteiger partial charge is 0.459 e. The van der Waals surface area contributed by atoms with Crippen LogP contribution in [0, 0.1) is 5.41 Å². The van der Waals surface area contributed by atoms with Gasteiger partial charge in [-0.2, -0.15) is 4.98 Å². The number of amides is 1. The summed E-state index contributed by atoms with van der Waals surface area (Å²) >= 11 is 0. The maximum Gasteiger partial charge on any atom is 0.338 e. The standard InChI is InChI=1S/C37H34N4O9/c1-37(2,3)35(46)40-36-38-29-25(30(42)39-36)19-20-41(29)31-28(50-34(45)24-17-11-6-12-18-24)27(49-33(44)23-15-9-5-10-16-23)26(48-31)21-47-32(43)22-13-7-4-8-14-22/h4-20,26-28,31H,21H2,1-3H3,(H2,38,39,40,42,46)/t26-,27-,28-,31-/m1/s1. The molecule has 6 rings (SSSR count). The third-order valence-corrected chi connectivity index (χ3v) is 7.95. The van der Waals surface area contributed by atoms with Gasteiger partial charge in [0.15, 0.2) is 24.1 Å². The number of esters is 3. The fourth-order valence-electron chi connectivity index (χ4n) is 5.28. The van der Waals surface area contributed by atoms with E-state index < -0.39 is 65.9 Å². The van der Waals surface area contributed by atoms with E-state index in [1.54, 1.807) is 112 Å². The highest BCUT2D eigenvalue weighted by atomic mass is 16.7. The minimum Gasteiger partial charge on any atom is -0.459 e. The fourth-order valence-corrected chi connectivity index (χ4v) is 5.28. The number of fused-ring (bicyclic) bond motifs is 1. The second-order valence-corrected chi connectivity index (χ2v) is 12.6. The maximum atomic E-state index is 13.5. The van der Waals surface area contributed by atoms with Crippen LogP contribution in [-0.4, -0.2) is 63.3 Å². The molecule has 0 bridgehead atoms. The van der Waals surface area contributed by atoms with Crippen LogP contribution < -0.4 is 10.9 Å². The van der Waals surface area contributed by atoms with Crippen molar-refractivity contribution in [2.24, 2.45) is 5.41 Å². The van der Waals surface area contributed by atoms with Crippen molar-refractivity contribution in [3.63, 3.8) is 0 Å². The molecule has 256 valence electrons. The lowest BCUT2D eigenvalue weighted by Gasteiger charge is -2.25. The Hall–Kier alpha value is -6.08. The molecule has 2 aromatic heterocycles. The molecule has 1 aliphatic rings. The van der Waals surface area contributed by atoms with Gasteiger partial charge in [0.25, 0.3) is 5.56 Å². The minimum absolute atomic E-state index is 0.0822. The van der Waals surface area contributed by atoms with Crippen LogP contribution in [-0.2, 0) is 23.7 Å². The van der Waals surface area contributed by atoms with Crippen LogP contribution >= 0.6 is 0 Å². The van der Waals surface area contributed by atoms with Crippen molar-refractivity contribution in [2.75, 3.05) is 11.9 Å². The summed E-state index contributed by atoms with van der Waals surface area (Å²) in [6, 6.07) is 26.2. The van der Waals surface area contributed by atoms with Crippen LogP contribution in [0.25, 0.3) is 11.0 Å². The molecule has 3 heterocycles. The molecule has 1 aliphatic heterocycles. The van der Waals surface area contributed by atoms with Gasteiger partial charge in [-0.3, -0.25) is 19.9 Å². The summed E-state index contributed by atoms with van der Waals surface area (Å²) in [5, 5.41) is 2.77. The monoisotopic (exact) mass is 678 g/mol. The average Bonchev–Trinajstić information content (AvgIpc) is 3.69. The summed E-state index contributed by atoms with van der Waals surface area (Å²) in [7, 11) is 0. The molecule has 1 amide bonds. The average molecular weight is 679 g/mol. The van der Waals surface area contributed by atoms with Gasteiger partial charge in [0, 0.05) is 11.6 Å². The number of benzene rings is 3. The lowest BCUT2D eigenvalue weighted by atomic mass is 9.96. The molecule has 1 fully saturated rings. The summed E-state index contributed by atoms with van der Waals surface area (Å²) < 4.78 is 25.5. The van der Waals surface area contributed by atoms with E-state index >= 15 is 0 Å². The van der Waals surface area contributed by atoms with Gasteiger partial charge in [-0.15, -0.1) is 0 Å². The zero-order chi connectivity index (χ0) is 35.4. The first kappa shape index (κ1) is 33.8. The van der Waals surface area contributed by atoms with Crippen molar-refractivity contribution in [1.82, 2.24) is 14.5 Å². The van der Waals surface area contributed by atoms with E-state index in [4.69, 9.17) is 18.9 Å². The number of rotatable bonds is 9. The Morgan fingerprint density at radius 2 is 1.30 bits per heavy atom. The smallest absolute Gasteiger partial charge is 0.338 e. The number of nitrogens with zero attached hydrogens (tertiary/aromatic N) is 2. The number of nitrogens with one attached hydrogen (secondary N) is 2. The zero-order valence-electron chi connectivity index (χ0n) is 27.4. The first-order valence-electron chi connectivity index (χ1n) is 15.8. The number of ether oxygens (including phenoxy) is 4. The molecule has 0 unspecified atom stereocenters. The number of H-pyrrole nitrogens is 1. The zero-order valence-corrected chi connectivity index (χ0v) is 27.4. The number of carbonyl (C=O) groups is 4. The first-order valence-corrected chi connectivity index (χ1v) is 15.8. The SMILES string of the molecule is CC(C)(C)C(=O)Nc1nc2c(ccn2[C@@H]2O[C@H](COC(=O)c3ccccc3)[C@@H](OC(=O)c3ccccc3)[C@H]2OC(=O)c2ccccc2)c(=O)[nH]1. The van der Waals surface area contributed by atoms with Gasteiger partial charge < -0.3 is 23.5 Å². The van der Waals surface area contributed by atoms with Crippen molar-refractivity contribution >= 4 is 40.8 Å². The van der Waals surface area contributed by atoms with Gasteiger partial charge in [-0.25, -0.2) is 14.4 Å². The van der Waals surface area contributed by atoms with Gasteiger partial charge >= 0.3 is 17.9 Å². The third kappa shape index (κ3) is 7.32. The molecule has 13 heteroatoms. The van der Waals surface area contributed by atoms with Crippen LogP contribution in [0.5, 0.6) is 0 Å². The van der Waals surface area contributed by atoms with E-state index in [1.165, 1.54) is 16.8 Å². The summed E-state index contributed by atoms with van der Waals surface area (Å²) in [6.45, 7) is 4.74. The summed E-state index contributed by atoms with van der Waals surface area (Å²) in [5.74, 6) is -2.63. The second-order valence-electron chi connectivity index (χ2n) is 12.6. The van der Waals surface area contributed by atoms with Crippen LogP contribution in [0.4, 0.5) is 5.95 Å². The molecular formula is C37H34N4O9. The number of anilines is 1. The maximum absolute atomic E-state index is 13.5. The number of hydrogen-bond donors (Lipinski definition) is 2. The second kappa shape index (κ2) is 14.2. The molecule has 5 aromatic rings. The molecule has 1 saturated heterocycles. The molecule has 3 aromatic carbocycles. The Bertz CT molecular complexity index is 2070. The van der Waals surface area contributed by atoms with Crippen molar-refractivity contribution in [2.45, 2.75) is 45.3 Å². The third-order valence-electron chi connectivity index (χ3n) is 7.95. The Labute approximate surface area is 286 Å². The number of carbonyl (C=O) groups excluding carboxylic acids is 4. The van der Waals surface area contributed by atoms with E-state index in [-0.39, 0.29) is 33.7 Å². The topological polar surface area (TPSA) is 168 Å². The van der Waals surface area contributed by atoms with Gasteiger partial charge in [0.05, 0.1) is 22.1 Å². The molecule has 0 radical (unpaired) electrons. The Morgan fingerprint density at radius 3 is 1.84 bits per heavy atom. The minimum atomic E-state index is -1.33. The molecule has 2 N–H and O–H groups in total. The Morgan fingerprint density at radius 1 is 0.780 bits per heavy atom. The van der Waals surface area contributed by atoms with Crippen LogP contribution in [0.2, 0.25) is 0 Å². The lowest BCUT2D eigenvalue weighted by molar-refractivity contribution is -0.123. The highest BCUT2D eigenvalue weighted by Gasteiger charge is 2.51. The number of aromatic nitrogens is 3. The lowest BCUT2D eigenvalue weighted by Crippen LogP contribution is -2.41. The van der Waals surface area contributed by atoms with Crippen LogP contribution in [0.15, 0.2) is 108 Å². The number of hydrogen-bond acceptors (Lipinski definition) is 10. The van der Waals surface area contributed by atoms with Gasteiger partial charge in [0.2, 0.25) is 11.9 Å². The summed E-state index contributed by atoms with van der Waals surface area (Å²) in [6.07, 6.45) is -3.52. The molecule has 13 nitrogen and oxygen atoms in total. The van der Waals surface area contributed by atoms with Crippen LogP contribution in [0.3, 0.4) is 0 Å². The van der Waals surface area contributed by atoms with Crippen LogP contribution in [0.1, 0.15) is 58.1 Å². The normalized spacial score (nSPS) is 18.7. The molecular weight excluding hydrogens is 644 g/mol. The van der Waals surface area contributed by atoms with E-state index in [0.717, 1.165) is 0 Å². The van der Waals surface area contributed by atoms with Crippen molar-refractivity contribution in [3.8, 4) is 0 Å².